The Morgan fingerprint density at radius 2 is 1.89 bits per heavy atom. The van der Waals surface area contributed by atoms with Crippen molar-refractivity contribution >= 4 is 36.7 Å². The molecule has 3 aromatic rings. The Hall–Kier alpha value is -2.10. The van der Waals surface area contributed by atoms with Gasteiger partial charge >= 0.3 is 0 Å². The lowest BCUT2D eigenvalue weighted by Gasteiger charge is -2.31. The van der Waals surface area contributed by atoms with Gasteiger partial charge in [0.25, 0.3) is 0 Å². The van der Waals surface area contributed by atoms with Crippen molar-refractivity contribution in [2.75, 3.05) is 24.5 Å². The quantitative estimate of drug-likeness (QED) is 0.679. The van der Waals surface area contributed by atoms with E-state index in [1.165, 1.54) is 0 Å². The summed E-state index contributed by atoms with van der Waals surface area (Å²) in [5, 5.41) is 0.980. The molecule has 1 aliphatic heterocycles. The van der Waals surface area contributed by atoms with E-state index in [1.54, 1.807) is 11.3 Å². The summed E-state index contributed by atoms with van der Waals surface area (Å²) in [5.41, 5.74) is 0.985. The van der Waals surface area contributed by atoms with E-state index in [0.29, 0.717) is 6.07 Å². The molecule has 0 amide bonds. The fourth-order valence-electron chi connectivity index (χ4n) is 3.32. The number of benzene rings is 2. The summed E-state index contributed by atoms with van der Waals surface area (Å²) in [6.07, 6.45) is 1.62. The van der Waals surface area contributed by atoms with Gasteiger partial charge in [0, 0.05) is 25.7 Å². The maximum absolute atomic E-state index is 13.8. The molecular weight excluding hydrogens is 404 g/mol. The summed E-state index contributed by atoms with van der Waals surface area (Å²) in [4.78, 5) is 6.35. The first-order chi connectivity index (χ1) is 13.4. The minimum absolute atomic E-state index is 0.156. The second-order valence-corrected chi connectivity index (χ2v) is 9.57. The molecule has 148 valence electrons. The highest BCUT2D eigenvalue weighted by atomic mass is 32.2. The molecule has 0 atom stereocenters. The highest BCUT2D eigenvalue weighted by molar-refractivity contribution is 7.89. The van der Waals surface area contributed by atoms with Crippen LogP contribution in [0.25, 0.3) is 10.2 Å². The topological polar surface area (TPSA) is 62.3 Å². The molecule has 28 heavy (non-hydrogen) atoms. The Balaban J connectivity index is 1.35. The third kappa shape index (κ3) is 4.01. The van der Waals surface area contributed by atoms with E-state index in [0.717, 1.165) is 53.4 Å². The molecule has 1 N–H and O–H groups in total. The van der Waals surface area contributed by atoms with Gasteiger partial charge in [0.1, 0.15) is 16.5 Å². The number of rotatable bonds is 5. The van der Waals surface area contributed by atoms with Crippen molar-refractivity contribution in [2.45, 2.75) is 17.7 Å². The van der Waals surface area contributed by atoms with Crippen LogP contribution in [-0.4, -0.2) is 33.0 Å². The molecular formula is C19H19F2N3O2S2. The van der Waals surface area contributed by atoms with Crippen LogP contribution < -0.4 is 9.62 Å². The molecule has 0 spiro atoms. The van der Waals surface area contributed by atoms with Crippen molar-refractivity contribution in [3.8, 4) is 0 Å². The van der Waals surface area contributed by atoms with Crippen LogP contribution in [0.2, 0.25) is 0 Å². The molecule has 1 fully saturated rings. The molecule has 0 unspecified atom stereocenters. The summed E-state index contributed by atoms with van der Waals surface area (Å²) in [7, 11) is -4.01. The van der Waals surface area contributed by atoms with E-state index in [9.17, 15) is 17.2 Å². The first kappa shape index (κ1) is 19.2. The lowest BCUT2D eigenvalue weighted by molar-refractivity contribution is 0.401. The van der Waals surface area contributed by atoms with Gasteiger partial charge in [-0.15, -0.1) is 0 Å². The number of sulfonamides is 1. The minimum Gasteiger partial charge on any atom is -0.348 e. The smallest absolute Gasteiger partial charge is 0.243 e. The van der Waals surface area contributed by atoms with Crippen LogP contribution in [0.4, 0.5) is 13.9 Å². The molecule has 0 radical (unpaired) electrons. The highest BCUT2D eigenvalue weighted by Gasteiger charge is 2.25. The molecule has 9 heteroatoms. The number of fused-ring (bicyclic) bond motifs is 1. The third-order valence-electron chi connectivity index (χ3n) is 4.91. The van der Waals surface area contributed by atoms with E-state index in [1.807, 2.05) is 24.3 Å². The van der Waals surface area contributed by atoms with Gasteiger partial charge in [-0.3, -0.25) is 0 Å². The Morgan fingerprint density at radius 3 is 2.61 bits per heavy atom. The molecule has 4 rings (SSSR count). The van der Waals surface area contributed by atoms with Gasteiger partial charge in [0.15, 0.2) is 5.13 Å². The van der Waals surface area contributed by atoms with Crippen molar-refractivity contribution in [1.82, 2.24) is 9.71 Å². The predicted molar refractivity (Wildman–Crippen MR) is 106 cm³/mol. The zero-order valence-electron chi connectivity index (χ0n) is 14.9. The van der Waals surface area contributed by atoms with Crippen LogP contribution in [0.5, 0.6) is 0 Å². The van der Waals surface area contributed by atoms with E-state index < -0.39 is 26.6 Å². The Labute approximate surface area is 166 Å². The van der Waals surface area contributed by atoms with E-state index in [-0.39, 0.29) is 12.5 Å². The fraction of sp³-hybridized carbons (Fsp3) is 0.316. The third-order valence-corrected chi connectivity index (χ3v) is 7.47. The van der Waals surface area contributed by atoms with Crippen molar-refractivity contribution in [2.24, 2.45) is 5.92 Å². The second kappa shape index (κ2) is 7.73. The lowest BCUT2D eigenvalue weighted by atomic mass is 9.97. The Morgan fingerprint density at radius 1 is 1.14 bits per heavy atom. The average Bonchev–Trinajstić information content (AvgIpc) is 3.11. The molecule has 5 nitrogen and oxygen atoms in total. The number of anilines is 1. The summed E-state index contributed by atoms with van der Waals surface area (Å²) in [6, 6.07) is 10.5. The van der Waals surface area contributed by atoms with Crippen molar-refractivity contribution in [1.29, 1.82) is 0 Å². The van der Waals surface area contributed by atoms with Crippen LogP contribution in [0, 0.1) is 17.6 Å². The fourth-order valence-corrected chi connectivity index (χ4v) is 5.51. The number of aromatic nitrogens is 1. The monoisotopic (exact) mass is 423 g/mol. The number of thiazole rings is 1. The summed E-state index contributed by atoms with van der Waals surface area (Å²) >= 11 is 1.65. The molecule has 1 saturated heterocycles. The average molecular weight is 424 g/mol. The zero-order chi connectivity index (χ0) is 19.7. The summed E-state index contributed by atoms with van der Waals surface area (Å²) < 4.78 is 55.0. The summed E-state index contributed by atoms with van der Waals surface area (Å²) in [6.45, 7) is 1.81. The molecule has 2 heterocycles. The molecule has 0 bridgehead atoms. The second-order valence-electron chi connectivity index (χ2n) is 6.82. The number of nitrogens with zero attached hydrogens (tertiary/aromatic N) is 2. The predicted octanol–water partition coefficient (Wildman–Crippen LogP) is 3.77. The van der Waals surface area contributed by atoms with Gasteiger partial charge in [0.2, 0.25) is 10.0 Å². The highest BCUT2D eigenvalue weighted by Crippen LogP contribution is 2.31. The van der Waals surface area contributed by atoms with Gasteiger partial charge in [0.05, 0.1) is 10.2 Å². The first-order valence-electron chi connectivity index (χ1n) is 8.97. The SMILES string of the molecule is O=S(=O)(NCC1CCN(c2nc3ccccc3s2)CC1)c1ccc(F)cc1F. The lowest BCUT2D eigenvalue weighted by Crippen LogP contribution is -2.38. The molecule has 2 aromatic carbocycles. The van der Waals surface area contributed by atoms with E-state index >= 15 is 0 Å². The van der Waals surface area contributed by atoms with Crippen LogP contribution in [0.3, 0.4) is 0 Å². The molecule has 1 aromatic heterocycles. The van der Waals surface area contributed by atoms with Gasteiger partial charge in [-0.05, 0) is 43.0 Å². The van der Waals surface area contributed by atoms with Crippen molar-refractivity contribution < 1.29 is 17.2 Å². The number of halogens is 2. The standard InChI is InChI=1S/C19H19F2N3O2S2/c20-14-5-6-18(15(21)11-14)28(25,26)22-12-13-7-9-24(10-8-13)19-23-16-3-1-2-4-17(16)27-19/h1-6,11,13,22H,7-10,12H2. The molecule has 0 saturated carbocycles. The van der Waals surface area contributed by atoms with E-state index in [2.05, 4.69) is 14.6 Å². The molecule has 1 aliphatic rings. The van der Waals surface area contributed by atoms with Crippen LogP contribution in [-0.2, 0) is 10.0 Å². The molecule has 0 aliphatic carbocycles. The number of piperidine rings is 1. The number of hydrogen-bond acceptors (Lipinski definition) is 5. The normalized spacial score (nSPS) is 16.0. The van der Waals surface area contributed by atoms with Crippen LogP contribution in [0.15, 0.2) is 47.4 Å². The van der Waals surface area contributed by atoms with Gasteiger partial charge in [-0.2, -0.15) is 0 Å². The van der Waals surface area contributed by atoms with Crippen molar-refractivity contribution in [3.05, 3.63) is 54.1 Å². The van der Waals surface area contributed by atoms with Gasteiger partial charge in [-0.25, -0.2) is 26.9 Å². The number of hydrogen-bond donors (Lipinski definition) is 1. The number of nitrogens with one attached hydrogen (secondary N) is 1. The Kier molecular flexibility index (Phi) is 5.31. The largest absolute Gasteiger partial charge is 0.348 e. The van der Waals surface area contributed by atoms with Gasteiger partial charge in [-0.1, -0.05) is 23.5 Å². The van der Waals surface area contributed by atoms with E-state index in [4.69, 9.17) is 0 Å². The maximum Gasteiger partial charge on any atom is 0.243 e. The van der Waals surface area contributed by atoms with Crippen LogP contribution in [0.1, 0.15) is 12.8 Å². The zero-order valence-corrected chi connectivity index (χ0v) is 16.6. The number of para-hydroxylation sites is 1. The first-order valence-corrected chi connectivity index (χ1v) is 11.3. The summed E-state index contributed by atoms with van der Waals surface area (Å²) in [5.74, 6) is -1.74. The Bertz CT molecular complexity index is 1060. The minimum atomic E-state index is -4.01. The maximum atomic E-state index is 13.8. The van der Waals surface area contributed by atoms with Gasteiger partial charge < -0.3 is 4.90 Å². The van der Waals surface area contributed by atoms with Crippen molar-refractivity contribution in [3.63, 3.8) is 0 Å². The van der Waals surface area contributed by atoms with Crippen LogP contribution >= 0.6 is 11.3 Å².